The highest BCUT2D eigenvalue weighted by Crippen LogP contribution is 2.15. The number of aliphatic hydroxyl groups is 1. The van der Waals surface area contributed by atoms with E-state index >= 15 is 0 Å². The van der Waals surface area contributed by atoms with Gasteiger partial charge in [-0.15, -0.1) is 0 Å². The molecule has 0 saturated carbocycles. The summed E-state index contributed by atoms with van der Waals surface area (Å²) in [6.45, 7) is 10.2. The number of hydrogen-bond acceptors (Lipinski definition) is 4. The van der Waals surface area contributed by atoms with Crippen molar-refractivity contribution in [3.05, 3.63) is 30.2 Å². The molecular formula is C18H30N2O2. The minimum atomic E-state index is 0.277. The molecule has 1 N–H and O–H groups in total. The molecule has 0 bridgehead atoms. The third-order valence-corrected chi connectivity index (χ3v) is 4.33. The first-order valence-electron chi connectivity index (χ1n) is 8.46. The van der Waals surface area contributed by atoms with Crippen molar-refractivity contribution in [3.63, 3.8) is 0 Å². The van der Waals surface area contributed by atoms with E-state index in [1.165, 1.54) is 6.42 Å². The van der Waals surface area contributed by atoms with E-state index in [9.17, 15) is 5.11 Å². The van der Waals surface area contributed by atoms with Gasteiger partial charge in [-0.05, 0) is 43.5 Å². The van der Waals surface area contributed by atoms with Gasteiger partial charge in [0.25, 0.3) is 0 Å². The quantitative estimate of drug-likeness (QED) is 0.801. The SMILES string of the molecule is CC(C)CCN1CCN(CC=Cc2ccco2)CC1CCO. The largest absolute Gasteiger partial charge is 0.465 e. The van der Waals surface area contributed by atoms with Crippen LogP contribution in [-0.2, 0) is 0 Å². The first kappa shape index (κ1) is 17.3. The normalized spacial score (nSPS) is 21.2. The lowest BCUT2D eigenvalue weighted by molar-refractivity contribution is 0.0620. The lowest BCUT2D eigenvalue weighted by Gasteiger charge is -2.41. The van der Waals surface area contributed by atoms with Crippen LogP contribution in [0, 0.1) is 5.92 Å². The van der Waals surface area contributed by atoms with Gasteiger partial charge in [-0.2, -0.15) is 0 Å². The van der Waals surface area contributed by atoms with Gasteiger partial charge in [-0.25, -0.2) is 0 Å². The Balaban J connectivity index is 1.80. The van der Waals surface area contributed by atoms with Gasteiger partial charge in [0, 0.05) is 38.8 Å². The van der Waals surface area contributed by atoms with Crippen LogP contribution in [0.25, 0.3) is 6.08 Å². The Hall–Kier alpha value is -1.10. The van der Waals surface area contributed by atoms with Crippen LogP contribution in [-0.4, -0.2) is 60.3 Å². The van der Waals surface area contributed by atoms with Crippen LogP contribution in [0.15, 0.2) is 28.9 Å². The number of aliphatic hydroxyl groups excluding tert-OH is 1. The number of nitrogens with zero attached hydrogens (tertiary/aromatic N) is 2. The van der Waals surface area contributed by atoms with E-state index in [4.69, 9.17) is 4.42 Å². The Morgan fingerprint density at radius 3 is 2.95 bits per heavy atom. The molecule has 1 aromatic heterocycles. The third-order valence-electron chi connectivity index (χ3n) is 4.33. The fourth-order valence-corrected chi connectivity index (χ4v) is 2.97. The molecule has 1 fully saturated rings. The van der Waals surface area contributed by atoms with Gasteiger partial charge >= 0.3 is 0 Å². The molecule has 4 heteroatoms. The maximum absolute atomic E-state index is 9.33. The monoisotopic (exact) mass is 306 g/mol. The highest BCUT2D eigenvalue weighted by Gasteiger charge is 2.25. The van der Waals surface area contributed by atoms with Crippen molar-refractivity contribution in [2.24, 2.45) is 5.92 Å². The molecule has 2 heterocycles. The average Bonchev–Trinajstić information content (AvgIpc) is 3.00. The number of furan rings is 1. The van der Waals surface area contributed by atoms with E-state index < -0.39 is 0 Å². The fraction of sp³-hybridized carbons (Fsp3) is 0.667. The number of piperazine rings is 1. The van der Waals surface area contributed by atoms with Crippen molar-refractivity contribution >= 4 is 6.08 Å². The molecular weight excluding hydrogens is 276 g/mol. The molecule has 0 amide bonds. The van der Waals surface area contributed by atoms with Crippen molar-refractivity contribution in [2.75, 3.05) is 39.3 Å². The average molecular weight is 306 g/mol. The van der Waals surface area contributed by atoms with Crippen molar-refractivity contribution < 1.29 is 9.52 Å². The van der Waals surface area contributed by atoms with E-state index in [1.54, 1.807) is 6.26 Å². The topological polar surface area (TPSA) is 39.9 Å². The summed E-state index contributed by atoms with van der Waals surface area (Å²) < 4.78 is 5.31. The molecule has 1 unspecified atom stereocenters. The summed E-state index contributed by atoms with van der Waals surface area (Å²) in [6, 6.07) is 4.36. The van der Waals surface area contributed by atoms with Gasteiger partial charge in [-0.3, -0.25) is 9.80 Å². The second-order valence-corrected chi connectivity index (χ2v) is 6.56. The Kier molecular flexibility index (Phi) is 7.16. The lowest BCUT2D eigenvalue weighted by Crippen LogP contribution is -2.53. The third kappa shape index (κ3) is 5.59. The Bertz CT molecular complexity index is 428. The maximum Gasteiger partial charge on any atom is 0.126 e. The molecule has 0 aromatic carbocycles. The molecule has 0 aliphatic carbocycles. The van der Waals surface area contributed by atoms with Gasteiger partial charge in [0.1, 0.15) is 5.76 Å². The highest BCUT2D eigenvalue weighted by molar-refractivity contribution is 5.42. The molecule has 22 heavy (non-hydrogen) atoms. The summed E-state index contributed by atoms with van der Waals surface area (Å²) in [5, 5.41) is 9.33. The molecule has 124 valence electrons. The van der Waals surface area contributed by atoms with Crippen LogP contribution < -0.4 is 0 Å². The van der Waals surface area contributed by atoms with Gasteiger partial charge in [0.15, 0.2) is 0 Å². The Morgan fingerprint density at radius 1 is 1.41 bits per heavy atom. The molecule has 0 radical (unpaired) electrons. The molecule has 1 aromatic rings. The van der Waals surface area contributed by atoms with Crippen molar-refractivity contribution in [2.45, 2.75) is 32.7 Å². The summed E-state index contributed by atoms with van der Waals surface area (Å²) in [7, 11) is 0. The summed E-state index contributed by atoms with van der Waals surface area (Å²) in [5.74, 6) is 1.64. The van der Waals surface area contributed by atoms with Crippen LogP contribution in [0.3, 0.4) is 0 Å². The number of hydrogen-bond donors (Lipinski definition) is 1. The molecule has 1 aliphatic rings. The molecule has 1 atom stereocenters. The summed E-state index contributed by atoms with van der Waals surface area (Å²) in [5.41, 5.74) is 0. The van der Waals surface area contributed by atoms with Crippen molar-refractivity contribution in [1.82, 2.24) is 9.80 Å². The minimum absolute atomic E-state index is 0.277. The van der Waals surface area contributed by atoms with E-state index in [2.05, 4.69) is 29.7 Å². The predicted octanol–water partition coefficient (Wildman–Crippen LogP) is 2.71. The van der Waals surface area contributed by atoms with E-state index in [0.29, 0.717) is 6.04 Å². The smallest absolute Gasteiger partial charge is 0.126 e. The first-order chi connectivity index (χ1) is 10.7. The minimum Gasteiger partial charge on any atom is -0.465 e. The van der Waals surface area contributed by atoms with Crippen LogP contribution in [0.2, 0.25) is 0 Å². The molecule has 2 rings (SSSR count). The van der Waals surface area contributed by atoms with Crippen LogP contribution >= 0.6 is 0 Å². The summed E-state index contributed by atoms with van der Waals surface area (Å²) in [4.78, 5) is 5.02. The standard InChI is InChI=1S/C18H30N2O2/c1-16(2)7-10-20-12-11-19(15-17(20)8-13-21)9-3-5-18-6-4-14-22-18/h3-6,14,16-17,21H,7-13,15H2,1-2H3. The van der Waals surface area contributed by atoms with E-state index in [0.717, 1.165) is 50.8 Å². The zero-order chi connectivity index (χ0) is 15.8. The van der Waals surface area contributed by atoms with Crippen LogP contribution in [0.4, 0.5) is 0 Å². The fourth-order valence-electron chi connectivity index (χ4n) is 2.97. The molecule has 4 nitrogen and oxygen atoms in total. The van der Waals surface area contributed by atoms with E-state index in [-0.39, 0.29) is 6.61 Å². The maximum atomic E-state index is 9.33. The van der Waals surface area contributed by atoms with Crippen LogP contribution in [0.5, 0.6) is 0 Å². The Morgan fingerprint density at radius 2 is 2.27 bits per heavy atom. The molecule has 0 spiro atoms. The second kappa shape index (κ2) is 9.13. The van der Waals surface area contributed by atoms with Gasteiger partial charge in [0.05, 0.1) is 6.26 Å². The van der Waals surface area contributed by atoms with E-state index in [1.807, 2.05) is 18.2 Å². The van der Waals surface area contributed by atoms with Gasteiger partial charge < -0.3 is 9.52 Å². The lowest BCUT2D eigenvalue weighted by atomic mass is 10.1. The van der Waals surface area contributed by atoms with Gasteiger partial charge in [0.2, 0.25) is 0 Å². The zero-order valence-corrected chi connectivity index (χ0v) is 13.9. The zero-order valence-electron chi connectivity index (χ0n) is 13.9. The predicted molar refractivity (Wildman–Crippen MR) is 90.7 cm³/mol. The summed E-state index contributed by atoms with van der Waals surface area (Å²) >= 11 is 0. The van der Waals surface area contributed by atoms with Crippen LogP contribution in [0.1, 0.15) is 32.4 Å². The first-order valence-corrected chi connectivity index (χ1v) is 8.46. The molecule has 1 aliphatic heterocycles. The molecule has 1 saturated heterocycles. The number of rotatable bonds is 8. The summed E-state index contributed by atoms with van der Waals surface area (Å²) in [6.07, 6.45) is 8.01. The Labute approximate surface area is 134 Å². The van der Waals surface area contributed by atoms with Crippen molar-refractivity contribution in [3.8, 4) is 0 Å². The van der Waals surface area contributed by atoms with Gasteiger partial charge in [-0.1, -0.05) is 19.9 Å². The van der Waals surface area contributed by atoms with Crippen molar-refractivity contribution in [1.29, 1.82) is 0 Å². The second-order valence-electron chi connectivity index (χ2n) is 6.56. The highest BCUT2D eigenvalue weighted by atomic mass is 16.3.